The highest BCUT2D eigenvalue weighted by Crippen LogP contribution is 2.26. The third-order valence-corrected chi connectivity index (χ3v) is 6.03. The molecule has 13 heteroatoms. The van der Waals surface area contributed by atoms with Crippen molar-refractivity contribution in [3.8, 4) is 11.3 Å². The molecule has 5 rings (SSSR count). The SMILES string of the molecule is CC(C)n1cc(CN2CCN(c3nccn4c(-c5cccc(F)c5)cnc34)CC2)cn1.O=C(O)C(F)(F)F. The van der Waals surface area contributed by atoms with E-state index < -0.39 is 12.1 Å². The van der Waals surface area contributed by atoms with Crippen LogP contribution in [0.25, 0.3) is 16.9 Å². The molecule has 4 heterocycles. The number of nitrogens with zero attached hydrogens (tertiary/aromatic N) is 7. The molecule has 1 aliphatic rings. The van der Waals surface area contributed by atoms with Crippen LogP contribution in [-0.4, -0.2) is 72.5 Å². The highest BCUT2D eigenvalue weighted by atomic mass is 19.4. The van der Waals surface area contributed by atoms with Crippen LogP contribution >= 0.6 is 0 Å². The molecular formula is C25H27F4N7O2. The van der Waals surface area contributed by atoms with Gasteiger partial charge in [0.25, 0.3) is 0 Å². The van der Waals surface area contributed by atoms with Gasteiger partial charge in [-0.3, -0.25) is 14.0 Å². The van der Waals surface area contributed by atoms with E-state index in [1.165, 1.54) is 17.7 Å². The lowest BCUT2D eigenvalue weighted by Crippen LogP contribution is -2.46. The number of halogens is 4. The number of piperazine rings is 1. The van der Waals surface area contributed by atoms with Gasteiger partial charge in [0, 0.05) is 68.5 Å². The largest absolute Gasteiger partial charge is 0.490 e. The Bertz CT molecular complexity index is 1390. The fourth-order valence-corrected chi connectivity index (χ4v) is 4.11. The zero-order chi connectivity index (χ0) is 27.4. The monoisotopic (exact) mass is 533 g/mol. The minimum absolute atomic E-state index is 0.253. The van der Waals surface area contributed by atoms with Crippen molar-refractivity contribution in [2.24, 2.45) is 0 Å². The molecule has 1 N–H and O–H groups in total. The molecule has 202 valence electrons. The van der Waals surface area contributed by atoms with Gasteiger partial charge in [-0.15, -0.1) is 0 Å². The quantitative estimate of drug-likeness (QED) is 0.383. The summed E-state index contributed by atoms with van der Waals surface area (Å²) in [5.41, 5.74) is 3.71. The van der Waals surface area contributed by atoms with Crippen molar-refractivity contribution in [1.29, 1.82) is 0 Å². The highest BCUT2D eigenvalue weighted by Gasteiger charge is 2.38. The van der Waals surface area contributed by atoms with Gasteiger partial charge < -0.3 is 10.0 Å². The first-order chi connectivity index (χ1) is 18.0. The van der Waals surface area contributed by atoms with Crippen LogP contribution in [-0.2, 0) is 11.3 Å². The molecule has 0 atom stereocenters. The number of benzene rings is 1. The molecular weight excluding hydrogens is 506 g/mol. The Kier molecular flexibility index (Phi) is 7.95. The van der Waals surface area contributed by atoms with E-state index >= 15 is 0 Å². The van der Waals surface area contributed by atoms with Crippen LogP contribution in [0.2, 0.25) is 0 Å². The van der Waals surface area contributed by atoms with Crippen molar-refractivity contribution in [3.63, 3.8) is 0 Å². The molecule has 0 bridgehead atoms. The second-order valence-electron chi connectivity index (χ2n) is 9.09. The van der Waals surface area contributed by atoms with Crippen molar-refractivity contribution in [1.82, 2.24) is 29.0 Å². The molecule has 1 aliphatic heterocycles. The molecule has 1 saturated heterocycles. The predicted octanol–water partition coefficient (Wildman–Crippen LogP) is 4.27. The summed E-state index contributed by atoms with van der Waals surface area (Å²) in [4.78, 5) is 22.9. The second kappa shape index (κ2) is 11.2. The summed E-state index contributed by atoms with van der Waals surface area (Å²) in [7, 11) is 0. The average molecular weight is 534 g/mol. The average Bonchev–Trinajstić information content (AvgIpc) is 3.52. The van der Waals surface area contributed by atoms with E-state index in [4.69, 9.17) is 9.90 Å². The number of carbonyl (C=O) groups is 1. The van der Waals surface area contributed by atoms with Gasteiger partial charge in [-0.1, -0.05) is 12.1 Å². The number of hydrogen-bond acceptors (Lipinski definition) is 6. The normalized spacial score (nSPS) is 14.6. The van der Waals surface area contributed by atoms with Crippen LogP contribution in [0.5, 0.6) is 0 Å². The zero-order valence-corrected chi connectivity index (χ0v) is 20.8. The standard InChI is InChI=1S/C23H26FN7.C2HF3O2/c1-17(2)31-16-18(13-27-31)15-28-8-10-29(11-9-28)22-23-26-14-21(30(23)7-6-25-22)19-4-3-5-20(24)12-19;3-2(4,5)1(6)7/h3-7,12-14,16-17H,8-11,15H2,1-2H3;(H,6,7). The van der Waals surface area contributed by atoms with Crippen molar-refractivity contribution in [2.75, 3.05) is 31.1 Å². The Balaban J connectivity index is 0.000000426. The lowest BCUT2D eigenvalue weighted by molar-refractivity contribution is -0.192. The van der Waals surface area contributed by atoms with Gasteiger partial charge >= 0.3 is 12.1 Å². The summed E-state index contributed by atoms with van der Waals surface area (Å²) in [6.45, 7) is 8.85. The van der Waals surface area contributed by atoms with Gasteiger partial charge in [0.05, 0.1) is 18.1 Å². The van der Waals surface area contributed by atoms with E-state index in [2.05, 4.69) is 44.9 Å². The van der Waals surface area contributed by atoms with Crippen molar-refractivity contribution in [2.45, 2.75) is 32.6 Å². The highest BCUT2D eigenvalue weighted by molar-refractivity contribution is 5.73. The Morgan fingerprint density at radius 2 is 1.82 bits per heavy atom. The third-order valence-electron chi connectivity index (χ3n) is 6.03. The van der Waals surface area contributed by atoms with E-state index in [0.717, 1.165) is 55.4 Å². The van der Waals surface area contributed by atoms with Crippen LogP contribution in [0.3, 0.4) is 0 Å². The Morgan fingerprint density at radius 3 is 2.42 bits per heavy atom. The van der Waals surface area contributed by atoms with E-state index in [9.17, 15) is 17.6 Å². The Hall–Kier alpha value is -4.00. The summed E-state index contributed by atoms with van der Waals surface area (Å²) < 4.78 is 49.4. The van der Waals surface area contributed by atoms with Gasteiger partial charge in [0.15, 0.2) is 11.5 Å². The molecule has 1 fully saturated rings. The van der Waals surface area contributed by atoms with Gasteiger partial charge in [0.1, 0.15) is 5.82 Å². The lowest BCUT2D eigenvalue weighted by Gasteiger charge is -2.35. The second-order valence-corrected chi connectivity index (χ2v) is 9.09. The summed E-state index contributed by atoms with van der Waals surface area (Å²) in [6.07, 6.45) is 4.48. The minimum atomic E-state index is -5.08. The number of carboxylic acids is 1. The first kappa shape index (κ1) is 27.0. The van der Waals surface area contributed by atoms with Crippen molar-refractivity contribution in [3.05, 3.63) is 66.6 Å². The zero-order valence-electron chi connectivity index (χ0n) is 20.8. The van der Waals surface area contributed by atoms with Crippen LogP contribution in [0.4, 0.5) is 23.4 Å². The molecule has 4 aromatic rings. The first-order valence-corrected chi connectivity index (χ1v) is 11.9. The molecule has 0 radical (unpaired) electrons. The Labute approximate surface area is 215 Å². The first-order valence-electron chi connectivity index (χ1n) is 11.9. The molecule has 0 saturated carbocycles. The van der Waals surface area contributed by atoms with Crippen molar-refractivity contribution < 1.29 is 27.5 Å². The fraction of sp³-hybridized carbons (Fsp3) is 0.360. The number of imidazole rings is 1. The number of hydrogen-bond donors (Lipinski definition) is 1. The van der Waals surface area contributed by atoms with Crippen LogP contribution in [0.1, 0.15) is 25.5 Å². The van der Waals surface area contributed by atoms with Gasteiger partial charge in [-0.05, 0) is 26.0 Å². The van der Waals surface area contributed by atoms with Crippen LogP contribution in [0, 0.1) is 5.82 Å². The number of aromatic nitrogens is 5. The molecule has 1 aromatic carbocycles. The molecule has 0 aliphatic carbocycles. The molecule has 3 aromatic heterocycles. The summed E-state index contributed by atoms with van der Waals surface area (Å²) >= 11 is 0. The number of carboxylic acid groups (broad SMARTS) is 1. The van der Waals surface area contributed by atoms with E-state index in [0.29, 0.717) is 6.04 Å². The number of aliphatic carboxylic acids is 1. The van der Waals surface area contributed by atoms with E-state index in [1.807, 2.05) is 27.5 Å². The Morgan fingerprint density at radius 1 is 1.11 bits per heavy atom. The predicted molar refractivity (Wildman–Crippen MR) is 132 cm³/mol. The number of rotatable bonds is 5. The number of fused-ring (bicyclic) bond motifs is 1. The van der Waals surface area contributed by atoms with Gasteiger partial charge in [-0.25, -0.2) is 19.2 Å². The molecule has 9 nitrogen and oxygen atoms in total. The van der Waals surface area contributed by atoms with Crippen LogP contribution in [0.15, 0.2) is 55.2 Å². The number of alkyl halides is 3. The fourth-order valence-electron chi connectivity index (χ4n) is 4.11. The molecule has 0 spiro atoms. The third kappa shape index (κ3) is 6.28. The molecule has 0 amide bonds. The minimum Gasteiger partial charge on any atom is -0.475 e. The summed E-state index contributed by atoms with van der Waals surface area (Å²) in [5.74, 6) is -2.14. The van der Waals surface area contributed by atoms with E-state index in [1.54, 1.807) is 18.5 Å². The maximum absolute atomic E-state index is 13.7. The number of anilines is 1. The van der Waals surface area contributed by atoms with Crippen molar-refractivity contribution >= 4 is 17.4 Å². The topological polar surface area (TPSA) is 91.8 Å². The van der Waals surface area contributed by atoms with E-state index in [-0.39, 0.29) is 5.82 Å². The smallest absolute Gasteiger partial charge is 0.475 e. The lowest BCUT2D eigenvalue weighted by atomic mass is 10.1. The van der Waals surface area contributed by atoms with Gasteiger partial charge in [-0.2, -0.15) is 18.3 Å². The molecule has 38 heavy (non-hydrogen) atoms. The van der Waals surface area contributed by atoms with Gasteiger partial charge in [0.2, 0.25) is 0 Å². The maximum Gasteiger partial charge on any atom is 0.490 e. The maximum atomic E-state index is 13.7. The summed E-state index contributed by atoms with van der Waals surface area (Å²) in [6, 6.07) is 6.98. The van der Waals surface area contributed by atoms with Crippen LogP contribution < -0.4 is 4.90 Å². The molecule has 0 unspecified atom stereocenters. The summed E-state index contributed by atoms with van der Waals surface area (Å²) in [5, 5.41) is 11.6.